The zero-order valence-electron chi connectivity index (χ0n) is 27.2. The molecule has 6 rings (SSSR count). The first-order valence-electron chi connectivity index (χ1n) is 16.7. The molecule has 4 aromatic rings. The van der Waals surface area contributed by atoms with Crippen LogP contribution in [0.15, 0.2) is 66.7 Å². The van der Waals surface area contributed by atoms with Gasteiger partial charge in [-0.05, 0) is 122 Å². The molecule has 2 fully saturated rings. The fourth-order valence-electron chi connectivity index (χ4n) is 6.55. The lowest BCUT2D eigenvalue weighted by molar-refractivity contribution is -0.130. The molecular weight excluding hydrogens is 606 g/mol. The predicted octanol–water partition coefficient (Wildman–Crippen LogP) is 3.36. The van der Waals surface area contributed by atoms with Gasteiger partial charge in [0.15, 0.2) is 0 Å². The maximum atomic E-state index is 13.7. The van der Waals surface area contributed by atoms with Crippen molar-refractivity contribution in [1.29, 1.82) is 0 Å². The van der Waals surface area contributed by atoms with Crippen LogP contribution in [0.4, 0.5) is 5.69 Å². The lowest BCUT2D eigenvalue weighted by Gasteiger charge is -2.28. The van der Waals surface area contributed by atoms with Crippen LogP contribution in [-0.4, -0.2) is 70.1 Å². The summed E-state index contributed by atoms with van der Waals surface area (Å²) in [5, 5.41) is 26.4. The highest BCUT2D eigenvalue weighted by molar-refractivity contribution is 5.98. The van der Waals surface area contributed by atoms with Crippen molar-refractivity contribution in [1.82, 2.24) is 36.6 Å². The number of benzene rings is 3. The summed E-state index contributed by atoms with van der Waals surface area (Å²) < 4.78 is 0. The molecular formula is C36H43N9O3. The lowest BCUT2D eigenvalue weighted by Crippen LogP contribution is -2.48. The van der Waals surface area contributed by atoms with Crippen LogP contribution in [0.1, 0.15) is 53.6 Å². The molecule has 2 aliphatic rings. The zero-order chi connectivity index (χ0) is 33.5. The Morgan fingerprint density at radius 3 is 2.35 bits per heavy atom. The summed E-state index contributed by atoms with van der Waals surface area (Å²) >= 11 is 0. The highest BCUT2D eigenvalue weighted by Crippen LogP contribution is 2.29. The van der Waals surface area contributed by atoms with Gasteiger partial charge in [-0.15, -0.1) is 10.2 Å². The number of tetrazole rings is 1. The van der Waals surface area contributed by atoms with E-state index in [-0.39, 0.29) is 29.7 Å². The number of carbonyl (C=O) groups excluding carboxylic acids is 3. The number of nitrogens with zero attached hydrogens (tertiary/aromatic N) is 3. The zero-order valence-corrected chi connectivity index (χ0v) is 27.2. The van der Waals surface area contributed by atoms with Gasteiger partial charge in [0.1, 0.15) is 6.04 Å². The van der Waals surface area contributed by atoms with Crippen molar-refractivity contribution in [3.63, 3.8) is 0 Å². The molecule has 3 aromatic carbocycles. The number of nitrogens with one attached hydrogen (secondary N) is 5. The van der Waals surface area contributed by atoms with Crippen LogP contribution in [0.25, 0.3) is 22.5 Å². The van der Waals surface area contributed by atoms with Gasteiger partial charge >= 0.3 is 0 Å². The number of rotatable bonds is 11. The number of carbonyl (C=O) groups is 3. The summed E-state index contributed by atoms with van der Waals surface area (Å²) in [4.78, 5) is 40.0. The third kappa shape index (κ3) is 8.12. The molecule has 250 valence electrons. The first-order valence-corrected chi connectivity index (χ1v) is 16.7. The Morgan fingerprint density at radius 1 is 0.938 bits per heavy atom. The standard InChI is InChI=1S/C36H43N9O3/c1-22-2-7-28(35(47)40-30-16-17-38-21-30)19-31(22)25-8-3-23(4-9-25)18-32(41-34(46)27-10-5-24(20-37)6-11-27)36(48)39-29-14-12-26(13-15-29)33-42-44-45-43-33/h2-4,7-9,12-15,19,24,27,30,32,38H,5-6,10-11,16-18,20-21,37H2,1H3,(H,39,48)(H,40,47)(H,41,46)(H,42,43,44,45). The third-order valence-electron chi connectivity index (χ3n) is 9.54. The maximum absolute atomic E-state index is 13.7. The van der Waals surface area contributed by atoms with Crippen LogP contribution in [0.3, 0.4) is 0 Å². The number of H-pyrrole nitrogens is 1. The summed E-state index contributed by atoms with van der Waals surface area (Å²) in [5.74, 6) is 0.281. The highest BCUT2D eigenvalue weighted by atomic mass is 16.2. The molecule has 0 radical (unpaired) electrons. The van der Waals surface area contributed by atoms with Gasteiger partial charge in [0.25, 0.3) is 5.91 Å². The molecule has 0 spiro atoms. The van der Waals surface area contributed by atoms with E-state index in [9.17, 15) is 14.4 Å². The summed E-state index contributed by atoms with van der Waals surface area (Å²) in [5.41, 5.74) is 11.7. The molecule has 3 amide bonds. The minimum absolute atomic E-state index is 0.0767. The smallest absolute Gasteiger partial charge is 0.251 e. The maximum Gasteiger partial charge on any atom is 0.251 e. The molecule has 12 heteroatoms. The number of aryl methyl sites for hydroxylation is 1. The van der Waals surface area contributed by atoms with Crippen LogP contribution in [-0.2, 0) is 16.0 Å². The van der Waals surface area contributed by atoms with Crippen molar-refractivity contribution in [2.75, 3.05) is 25.0 Å². The van der Waals surface area contributed by atoms with Gasteiger partial charge < -0.3 is 27.0 Å². The normalized spacial score (nSPS) is 19.8. The van der Waals surface area contributed by atoms with Crippen LogP contribution in [0, 0.1) is 18.8 Å². The predicted molar refractivity (Wildman–Crippen MR) is 184 cm³/mol. The number of hydrogen-bond acceptors (Lipinski definition) is 8. The summed E-state index contributed by atoms with van der Waals surface area (Å²) in [6, 6.07) is 20.2. The Bertz CT molecular complexity index is 1690. The van der Waals surface area contributed by atoms with E-state index in [2.05, 4.69) is 41.9 Å². The van der Waals surface area contributed by atoms with E-state index in [1.807, 2.05) is 49.4 Å². The minimum Gasteiger partial charge on any atom is -0.348 e. The minimum atomic E-state index is -0.786. The Balaban J connectivity index is 1.16. The second kappa shape index (κ2) is 15.3. The number of aromatic amines is 1. The molecule has 1 aliphatic carbocycles. The van der Waals surface area contributed by atoms with Gasteiger partial charge in [0.2, 0.25) is 17.6 Å². The van der Waals surface area contributed by atoms with Crippen LogP contribution >= 0.6 is 0 Å². The Labute approximate surface area is 280 Å². The summed E-state index contributed by atoms with van der Waals surface area (Å²) in [6.45, 7) is 4.36. The van der Waals surface area contributed by atoms with Gasteiger partial charge in [-0.1, -0.05) is 30.3 Å². The molecule has 2 unspecified atom stereocenters. The summed E-state index contributed by atoms with van der Waals surface area (Å²) in [6.07, 6.45) is 4.60. The monoisotopic (exact) mass is 649 g/mol. The van der Waals surface area contributed by atoms with Gasteiger partial charge in [-0.2, -0.15) is 5.21 Å². The number of nitrogens with two attached hydrogens (primary N) is 1. The van der Waals surface area contributed by atoms with Crippen molar-refractivity contribution in [2.45, 2.75) is 57.5 Å². The topological polar surface area (TPSA) is 180 Å². The fourth-order valence-corrected chi connectivity index (χ4v) is 6.55. The number of amides is 3. The Kier molecular flexibility index (Phi) is 10.5. The van der Waals surface area contributed by atoms with Crippen LogP contribution in [0.2, 0.25) is 0 Å². The van der Waals surface area contributed by atoms with E-state index in [0.717, 1.165) is 73.0 Å². The third-order valence-corrected chi connectivity index (χ3v) is 9.54. The average molecular weight is 650 g/mol. The van der Waals surface area contributed by atoms with Gasteiger partial charge in [0, 0.05) is 41.7 Å². The van der Waals surface area contributed by atoms with E-state index in [1.54, 1.807) is 24.3 Å². The van der Waals surface area contributed by atoms with E-state index in [0.29, 0.717) is 36.0 Å². The second-order valence-corrected chi connectivity index (χ2v) is 12.9. The summed E-state index contributed by atoms with van der Waals surface area (Å²) in [7, 11) is 0. The molecule has 0 bridgehead atoms. The second-order valence-electron chi connectivity index (χ2n) is 12.9. The number of anilines is 1. The average Bonchev–Trinajstić information content (AvgIpc) is 3.84. The van der Waals surface area contributed by atoms with Crippen LogP contribution < -0.4 is 27.0 Å². The quantitative estimate of drug-likeness (QED) is 0.143. The van der Waals surface area contributed by atoms with Crippen molar-refractivity contribution < 1.29 is 14.4 Å². The lowest BCUT2D eigenvalue weighted by atomic mass is 9.81. The van der Waals surface area contributed by atoms with Crippen molar-refractivity contribution >= 4 is 23.4 Å². The van der Waals surface area contributed by atoms with Crippen molar-refractivity contribution in [3.8, 4) is 22.5 Å². The van der Waals surface area contributed by atoms with Crippen LogP contribution in [0.5, 0.6) is 0 Å². The molecule has 1 saturated carbocycles. The molecule has 1 saturated heterocycles. The van der Waals surface area contributed by atoms with E-state index >= 15 is 0 Å². The van der Waals surface area contributed by atoms with Crippen molar-refractivity contribution in [3.05, 3.63) is 83.4 Å². The molecule has 12 nitrogen and oxygen atoms in total. The van der Waals surface area contributed by atoms with Gasteiger partial charge in [-0.3, -0.25) is 14.4 Å². The largest absolute Gasteiger partial charge is 0.348 e. The number of hydrogen-bond donors (Lipinski definition) is 6. The molecule has 1 aromatic heterocycles. The van der Waals surface area contributed by atoms with E-state index in [1.165, 1.54) is 0 Å². The first-order chi connectivity index (χ1) is 23.4. The Hall–Kier alpha value is -4.94. The molecule has 2 atom stereocenters. The van der Waals surface area contributed by atoms with E-state index < -0.39 is 6.04 Å². The Morgan fingerprint density at radius 2 is 1.69 bits per heavy atom. The number of aromatic nitrogens is 4. The van der Waals surface area contributed by atoms with Crippen molar-refractivity contribution in [2.24, 2.45) is 17.6 Å². The molecule has 1 aliphatic heterocycles. The molecule has 48 heavy (non-hydrogen) atoms. The molecule has 2 heterocycles. The van der Waals surface area contributed by atoms with E-state index in [4.69, 9.17) is 5.73 Å². The fraction of sp³-hybridized carbons (Fsp3) is 0.389. The first kappa shape index (κ1) is 33.0. The SMILES string of the molecule is Cc1ccc(C(=O)NC2CCNC2)cc1-c1ccc(CC(NC(=O)C2CCC(CN)CC2)C(=O)Nc2ccc(-c3nn[nH]n3)cc2)cc1. The van der Waals surface area contributed by atoms with Gasteiger partial charge in [-0.25, -0.2) is 0 Å². The van der Waals surface area contributed by atoms with Gasteiger partial charge in [0.05, 0.1) is 0 Å². The molecule has 7 N–H and O–H groups in total. The highest BCUT2D eigenvalue weighted by Gasteiger charge is 2.29.